The van der Waals surface area contributed by atoms with E-state index in [1.807, 2.05) is 30.3 Å². The van der Waals surface area contributed by atoms with Gasteiger partial charge in [0, 0.05) is 22.0 Å². The molecular formula is C24H17NO. The van der Waals surface area contributed by atoms with E-state index in [9.17, 15) is 0 Å². The molecule has 0 aliphatic heterocycles. The first-order chi connectivity index (χ1) is 12.9. The Morgan fingerprint density at radius 3 is 2.15 bits per heavy atom. The third-order valence-electron chi connectivity index (χ3n) is 4.69. The summed E-state index contributed by atoms with van der Waals surface area (Å²) in [5.41, 5.74) is 6.19. The van der Waals surface area contributed by atoms with Crippen LogP contribution in [0.15, 0.2) is 101 Å². The van der Waals surface area contributed by atoms with E-state index < -0.39 is 0 Å². The predicted octanol–water partition coefficient (Wildman–Crippen LogP) is 7.00. The van der Waals surface area contributed by atoms with Crippen LogP contribution in [0, 0.1) is 0 Å². The highest BCUT2D eigenvalue weighted by Gasteiger charge is 2.12. The van der Waals surface area contributed by atoms with E-state index in [-0.39, 0.29) is 0 Å². The average Bonchev–Trinajstić information content (AvgIpc) is 3.09. The van der Waals surface area contributed by atoms with Crippen molar-refractivity contribution in [3.8, 4) is 11.1 Å². The van der Waals surface area contributed by atoms with E-state index in [1.54, 1.807) is 0 Å². The first kappa shape index (κ1) is 14.8. The van der Waals surface area contributed by atoms with E-state index in [4.69, 9.17) is 4.42 Å². The van der Waals surface area contributed by atoms with Gasteiger partial charge in [0.15, 0.2) is 5.58 Å². The number of para-hydroxylation sites is 3. The lowest BCUT2D eigenvalue weighted by molar-refractivity contribution is 0.670. The minimum Gasteiger partial charge on any atom is -0.454 e. The van der Waals surface area contributed by atoms with Crippen molar-refractivity contribution in [3.05, 3.63) is 97.1 Å². The van der Waals surface area contributed by atoms with Crippen LogP contribution in [0.25, 0.3) is 33.1 Å². The fourth-order valence-electron chi connectivity index (χ4n) is 3.45. The normalized spacial score (nSPS) is 11.1. The Hall–Kier alpha value is -3.52. The smallest absolute Gasteiger partial charge is 0.158 e. The highest BCUT2D eigenvalue weighted by atomic mass is 16.3. The number of rotatable bonds is 3. The predicted molar refractivity (Wildman–Crippen MR) is 109 cm³/mol. The van der Waals surface area contributed by atoms with Gasteiger partial charge in [-0.05, 0) is 23.8 Å². The van der Waals surface area contributed by atoms with Crippen molar-refractivity contribution in [1.29, 1.82) is 0 Å². The van der Waals surface area contributed by atoms with Crippen LogP contribution in [0.3, 0.4) is 0 Å². The van der Waals surface area contributed by atoms with Crippen molar-refractivity contribution < 1.29 is 4.42 Å². The fourth-order valence-corrected chi connectivity index (χ4v) is 3.45. The second kappa shape index (κ2) is 6.08. The number of nitrogens with one attached hydrogen (secondary N) is 1. The average molecular weight is 335 g/mol. The minimum atomic E-state index is 0.886. The van der Waals surface area contributed by atoms with Crippen molar-refractivity contribution in [1.82, 2.24) is 0 Å². The molecule has 0 aliphatic carbocycles. The number of benzene rings is 4. The van der Waals surface area contributed by atoms with Crippen LogP contribution < -0.4 is 5.32 Å². The molecule has 1 N–H and O–H groups in total. The van der Waals surface area contributed by atoms with Gasteiger partial charge in [0.1, 0.15) is 5.58 Å². The van der Waals surface area contributed by atoms with E-state index in [1.165, 1.54) is 11.1 Å². The van der Waals surface area contributed by atoms with Gasteiger partial charge in [0.2, 0.25) is 0 Å². The topological polar surface area (TPSA) is 25.2 Å². The van der Waals surface area contributed by atoms with Gasteiger partial charge in [-0.2, -0.15) is 0 Å². The summed E-state index contributed by atoms with van der Waals surface area (Å²) in [7, 11) is 0. The zero-order valence-corrected chi connectivity index (χ0v) is 14.1. The largest absolute Gasteiger partial charge is 0.454 e. The number of hydrogen-bond donors (Lipinski definition) is 1. The summed E-state index contributed by atoms with van der Waals surface area (Å²) in [6.45, 7) is 0. The molecule has 26 heavy (non-hydrogen) atoms. The molecule has 2 heteroatoms. The molecule has 0 saturated heterocycles. The molecule has 0 fully saturated rings. The van der Waals surface area contributed by atoms with Crippen LogP contribution >= 0.6 is 0 Å². The molecule has 5 rings (SSSR count). The maximum Gasteiger partial charge on any atom is 0.158 e. The molecule has 0 unspecified atom stereocenters. The van der Waals surface area contributed by atoms with E-state index >= 15 is 0 Å². The van der Waals surface area contributed by atoms with Gasteiger partial charge >= 0.3 is 0 Å². The third-order valence-corrected chi connectivity index (χ3v) is 4.69. The molecule has 4 aromatic carbocycles. The lowest BCUT2D eigenvalue weighted by Gasteiger charge is -2.12. The molecule has 0 atom stereocenters. The van der Waals surface area contributed by atoms with Crippen molar-refractivity contribution in [2.24, 2.45) is 0 Å². The Bertz CT molecular complexity index is 1200. The maximum atomic E-state index is 6.14. The molecule has 0 spiro atoms. The number of anilines is 2. The summed E-state index contributed by atoms with van der Waals surface area (Å²) in [6, 6.07) is 33.2. The lowest BCUT2D eigenvalue weighted by atomic mass is 10.0. The van der Waals surface area contributed by atoms with Gasteiger partial charge in [0.05, 0.1) is 5.69 Å². The molecule has 0 saturated carbocycles. The fraction of sp³-hybridized carbons (Fsp3) is 0. The maximum absolute atomic E-state index is 6.14. The van der Waals surface area contributed by atoms with Gasteiger partial charge < -0.3 is 9.73 Å². The highest BCUT2D eigenvalue weighted by molar-refractivity contribution is 6.09. The monoisotopic (exact) mass is 335 g/mol. The molecule has 124 valence electrons. The van der Waals surface area contributed by atoms with E-state index in [0.29, 0.717) is 0 Å². The first-order valence-corrected chi connectivity index (χ1v) is 8.72. The molecule has 1 aromatic heterocycles. The van der Waals surface area contributed by atoms with E-state index in [0.717, 1.165) is 33.3 Å². The summed E-state index contributed by atoms with van der Waals surface area (Å²) >= 11 is 0. The highest BCUT2D eigenvalue weighted by Crippen LogP contribution is 2.36. The Morgan fingerprint density at radius 1 is 0.538 bits per heavy atom. The van der Waals surface area contributed by atoms with Gasteiger partial charge in [0.25, 0.3) is 0 Å². The van der Waals surface area contributed by atoms with Crippen molar-refractivity contribution in [2.45, 2.75) is 0 Å². The van der Waals surface area contributed by atoms with Crippen LogP contribution in [-0.4, -0.2) is 0 Å². The molecule has 2 nitrogen and oxygen atoms in total. The van der Waals surface area contributed by atoms with E-state index in [2.05, 4.69) is 72.0 Å². The quantitative estimate of drug-likeness (QED) is 0.384. The van der Waals surface area contributed by atoms with Crippen LogP contribution in [0.5, 0.6) is 0 Å². The summed E-state index contributed by atoms with van der Waals surface area (Å²) in [5, 5.41) is 5.85. The molecular weight excluding hydrogens is 318 g/mol. The SMILES string of the molecule is c1ccc(-c2ccccc2Nc2cccc3c2oc2ccccc23)cc1. The van der Waals surface area contributed by atoms with Crippen molar-refractivity contribution in [2.75, 3.05) is 5.32 Å². The Labute approximate surface area is 151 Å². The first-order valence-electron chi connectivity index (χ1n) is 8.72. The van der Waals surface area contributed by atoms with Crippen LogP contribution in [0.1, 0.15) is 0 Å². The van der Waals surface area contributed by atoms with Gasteiger partial charge in [-0.25, -0.2) is 0 Å². The molecule has 0 aliphatic rings. The summed E-state index contributed by atoms with van der Waals surface area (Å²) in [4.78, 5) is 0. The summed E-state index contributed by atoms with van der Waals surface area (Å²) in [5.74, 6) is 0. The summed E-state index contributed by atoms with van der Waals surface area (Å²) < 4.78 is 6.14. The second-order valence-electron chi connectivity index (χ2n) is 6.32. The third kappa shape index (κ3) is 2.44. The Balaban J connectivity index is 1.65. The van der Waals surface area contributed by atoms with Crippen LogP contribution in [0.2, 0.25) is 0 Å². The van der Waals surface area contributed by atoms with Crippen molar-refractivity contribution in [3.63, 3.8) is 0 Å². The zero-order chi connectivity index (χ0) is 17.3. The summed E-state index contributed by atoms with van der Waals surface area (Å²) in [6.07, 6.45) is 0. The molecule has 0 radical (unpaired) electrons. The van der Waals surface area contributed by atoms with Crippen LogP contribution in [-0.2, 0) is 0 Å². The second-order valence-corrected chi connectivity index (χ2v) is 6.32. The van der Waals surface area contributed by atoms with Crippen molar-refractivity contribution >= 4 is 33.3 Å². The number of hydrogen-bond acceptors (Lipinski definition) is 2. The van der Waals surface area contributed by atoms with Crippen LogP contribution in [0.4, 0.5) is 11.4 Å². The number of furan rings is 1. The lowest BCUT2D eigenvalue weighted by Crippen LogP contribution is -1.93. The molecule has 1 heterocycles. The molecule has 0 bridgehead atoms. The molecule has 0 amide bonds. The number of fused-ring (bicyclic) bond motifs is 3. The molecule has 5 aromatic rings. The Morgan fingerprint density at radius 2 is 1.23 bits per heavy atom. The van der Waals surface area contributed by atoms with Gasteiger partial charge in [-0.15, -0.1) is 0 Å². The minimum absolute atomic E-state index is 0.886. The van der Waals surface area contributed by atoms with Gasteiger partial charge in [-0.3, -0.25) is 0 Å². The van der Waals surface area contributed by atoms with Gasteiger partial charge in [-0.1, -0.05) is 78.9 Å². The zero-order valence-electron chi connectivity index (χ0n) is 14.1. The standard InChI is InChI=1S/C24H17NO/c1-2-9-17(10-3-1)18-11-4-6-14-21(18)25-22-15-8-13-20-19-12-5-7-16-23(19)26-24(20)22/h1-16,25H. The Kier molecular flexibility index (Phi) is 3.46.